The van der Waals surface area contributed by atoms with E-state index in [1.165, 1.54) is 72.7 Å². The molecule has 1 fully saturated rings. The fourth-order valence-electron chi connectivity index (χ4n) is 13.5. The molecule has 0 bridgehead atoms. The van der Waals surface area contributed by atoms with Crippen LogP contribution in [-0.2, 0) is 10.4 Å². The van der Waals surface area contributed by atoms with Gasteiger partial charge in [0.2, 0.25) is 0 Å². The second-order valence-electron chi connectivity index (χ2n) is 21.2. The summed E-state index contributed by atoms with van der Waals surface area (Å²) in [4.78, 5) is 8.32. The highest BCUT2D eigenvalue weighted by molar-refractivity contribution is 6.03. The lowest BCUT2D eigenvalue weighted by molar-refractivity contribution is 0.158. The molecule has 70 heavy (non-hydrogen) atoms. The number of nitrogens with zero attached hydrogens (tertiary/aromatic N) is 2. The summed E-state index contributed by atoms with van der Waals surface area (Å²) < 4.78 is 7.02. The molecule has 0 spiro atoms. The average Bonchev–Trinajstić information content (AvgIpc) is 3.95. The summed E-state index contributed by atoms with van der Waals surface area (Å²) in [6.45, 7) is 4.80. The highest BCUT2D eigenvalue weighted by Crippen LogP contribution is 2.55. The third-order valence-corrected chi connectivity index (χ3v) is 16.9. The predicted molar refractivity (Wildman–Crippen MR) is 287 cm³/mol. The van der Waals surface area contributed by atoms with Crippen LogP contribution in [0.3, 0.4) is 0 Å². The topological polar surface area (TPSA) is 48.9 Å². The molecule has 0 aromatic heterocycles. The molecule has 5 heteroatoms. The van der Waals surface area contributed by atoms with Crippen LogP contribution in [0.4, 0.5) is 11.4 Å². The Morgan fingerprint density at radius 1 is 0.743 bits per heavy atom. The maximum absolute atomic E-state index is 7.02. The Morgan fingerprint density at radius 3 is 2.36 bits per heavy atom. The van der Waals surface area contributed by atoms with Crippen LogP contribution in [0.25, 0.3) is 0 Å². The van der Waals surface area contributed by atoms with Gasteiger partial charge in [-0.05, 0) is 157 Å². The largest absolute Gasteiger partial charge is 0.485 e. The molecule has 10 aliphatic rings. The van der Waals surface area contributed by atoms with E-state index in [1.54, 1.807) is 5.57 Å². The maximum Gasteiger partial charge on any atom is 0.132 e. The van der Waals surface area contributed by atoms with Crippen LogP contribution in [0.15, 0.2) is 243 Å². The van der Waals surface area contributed by atoms with Gasteiger partial charge >= 0.3 is 0 Å². The smallest absolute Gasteiger partial charge is 0.132 e. The molecule has 350 valence electrons. The van der Waals surface area contributed by atoms with Crippen LogP contribution in [0.1, 0.15) is 95.1 Å². The number of benzene rings is 3. The van der Waals surface area contributed by atoms with E-state index in [4.69, 9.17) is 9.73 Å². The number of ether oxygens (including phenoxy) is 1. The van der Waals surface area contributed by atoms with Crippen molar-refractivity contribution in [2.24, 2.45) is 22.7 Å². The summed E-state index contributed by atoms with van der Waals surface area (Å²) >= 11 is 0. The van der Waals surface area contributed by atoms with Crippen LogP contribution >= 0.6 is 0 Å². The molecule has 5 nitrogen and oxygen atoms in total. The molecule has 0 radical (unpaired) electrons. The van der Waals surface area contributed by atoms with Crippen LogP contribution < -0.4 is 15.5 Å². The number of allylic oxidation sites excluding steroid dienone is 20. The zero-order chi connectivity index (χ0) is 46.8. The van der Waals surface area contributed by atoms with Gasteiger partial charge in [0.25, 0.3) is 0 Å². The molecule has 3 aliphatic heterocycles. The van der Waals surface area contributed by atoms with Gasteiger partial charge in [-0.1, -0.05) is 153 Å². The van der Waals surface area contributed by atoms with Gasteiger partial charge in [-0.15, -0.1) is 0 Å². The predicted octanol–water partition coefficient (Wildman–Crippen LogP) is 14.6. The van der Waals surface area contributed by atoms with E-state index in [9.17, 15) is 0 Å². The van der Waals surface area contributed by atoms with Crippen molar-refractivity contribution in [2.45, 2.75) is 108 Å². The van der Waals surface area contributed by atoms with Crippen molar-refractivity contribution in [2.75, 3.05) is 4.90 Å². The van der Waals surface area contributed by atoms with E-state index in [0.29, 0.717) is 23.8 Å². The van der Waals surface area contributed by atoms with Gasteiger partial charge in [0.05, 0.1) is 0 Å². The van der Waals surface area contributed by atoms with Crippen molar-refractivity contribution >= 4 is 17.2 Å². The molecule has 3 heterocycles. The maximum atomic E-state index is 7.02. The molecule has 13 rings (SSSR count). The third kappa shape index (κ3) is 7.69. The van der Waals surface area contributed by atoms with Gasteiger partial charge in [0.15, 0.2) is 0 Å². The summed E-state index contributed by atoms with van der Waals surface area (Å²) in [5.41, 5.74) is 19.0. The van der Waals surface area contributed by atoms with Crippen LogP contribution in [0.5, 0.6) is 0 Å². The van der Waals surface area contributed by atoms with E-state index < -0.39 is 5.66 Å². The van der Waals surface area contributed by atoms with Crippen molar-refractivity contribution < 1.29 is 4.74 Å². The van der Waals surface area contributed by atoms with Crippen molar-refractivity contribution in [1.29, 1.82) is 0 Å². The Labute approximate surface area is 415 Å². The second-order valence-corrected chi connectivity index (χ2v) is 21.2. The molecule has 7 aliphatic carbocycles. The molecular weight excluding hydrogens is 853 g/mol. The number of fused-ring (bicyclic) bond motifs is 6. The van der Waals surface area contributed by atoms with Gasteiger partial charge in [0, 0.05) is 52.7 Å². The average molecular weight is 917 g/mol. The molecule has 8 atom stereocenters. The lowest BCUT2D eigenvalue weighted by Gasteiger charge is -2.43. The second kappa shape index (κ2) is 17.9. The van der Waals surface area contributed by atoms with Crippen molar-refractivity contribution in [3.63, 3.8) is 0 Å². The molecule has 8 unspecified atom stereocenters. The summed E-state index contributed by atoms with van der Waals surface area (Å²) in [5.74, 6) is 3.24. The first kappa shape index (κ1) is 43.3. The third-order valence-electron chi connectivity index (χ3n) is 16.9. The van der Waals surface area contributed by atoms with Crippen molar-refractivity contribution in [1.82, 2.24) is 10.6 Å². The van der Waals surface area contributed by atoms with E-state index >= 15 is 0 Å². The minimum Gasteiger partial charge on any atom is -0.485 e. The molecule has 1 saturated heterocycles. The summed E-state index contributed by atoms with van der Waals surface area (Å²) in [5, 5.41) is 8.12. The standard InChI is InChI=1S/C65H64N4O/c1-42-36-48(46-32-34-51(43-20-8-3-9-21-43)53(37-46)44-22-10-4-11-23-44)39-57(64-66-63(45-24-12-5-13-25-45)67-65(2,68-64)49-26-14-6-15-27-49)62(42)47-33-35-60-55(38-47)56-40-54-52-30-18-19-31-58(52)69(50-28-16-7-17-29-50)59(54)41-61(56)70-60/h3-8,10-12,14-20,22,24,26-31,35,37-40,42,44,47,54,59,61,63,67H,9,13,21,23,25,32-34,36,41H2,1-2H3,(H,66,68). The Bertz CT molecular complexity index is 3080. The zero-order valence-electron chi connectivity index (χ0n) is 40.7. The lowest BCUT2D eigenvalue weighted by atomic mass is 9.70. The Morgan fingerprint density at radius 2 is 1.56 bits per heavy atom. The Kier molecular flexibility index (Phi) is 11.1. The number of hydrogen-bond donors (Lipinski definition) is 2. The summed E-state index contributed by atoms with van der Waals surface area (Å²) in [6, 6.07) is 31.2. The molecule has 0 amide bonds. The number of anilines is 2. The van der Waals surface area contributed by atoms with E-state index in [2.05, 4.69) is 205 Å². The normalized spacial score (nSPS) is 30.8. The van der Waals surface area contributed by atoms with E-state index in [1.807, 2.05) is 0 Å². The number of nitrogens with one attached hydrogen (secondary N) is 2. The SMILES string of the molecule is CC1CC(C2=CC(C3C=CC=CC3)=C(C3=CC=CCC3)CC2)=CC(C2=NC(C3=CC=CCC3)NC(C)(c3ccccc3)N2)=C1C1C=C2C(=CC1)OC1CC3C(C=C21)c1ccccc1N3c1ccccc1. The number of hydrogen-bond acceptors (Lipinski definition) is 5. The number of aliphatic imine (C=N–C) groups is 1. The number of rotatable bonds is 8. The van der Waals surface area contributed by atoms with Gasteiger partial charge in [-0.3, -0.25) is 5.32 Å². The molecule has 3 aromatic carbocycles. The van der Waals surface area contributed by atoms with E-state index in [0.717, 1.165) is 75.8 Å². The van der Waals surface area contributed by atoms with Crippen LogP contribution in [0.2, 0.25) is 0 Å². The highest BCUT2D eigenvalue weighted by atomic mass is 16.5. The first-order chi connectivity index (χ1) is 34.5. The van der Waals surface area contributed by atoms with Crippen LogP contribution in [0, 0.1) is 17.8 Å². The fraction of sp³-hybridized carbons (Fsp3) is 0.308. The molecule has 2 N–H and O–H groups in total. The number of para-hydroxylation sites is 2. The summed E-state index contributed by atoms with van der Waals surface area (Å²) in [6.07, 6.45) is 46.0. The Hall–Kier alpha value is -6.69. The van der Waals surface area contributed by atoms with Gasteiger partial charge in [-0.2, -0.15) is 0 Å². The van der Waals surface area contributed by atoms with Gasteiger partial charge in [0.1, 0.15) is 29.5 Å². The first-order valence-corrected chi connectivity index (χ1v) is 26.3. The molecular formula is C65H64N4O. The van der Waals surface area contributed by atoms with Gasteiger partial charge < -0.3 is 15.0 Å². The quantitative estimate of drug-likeness (QED) is 0.236. The van der Waals surface area contributed by atoms with E-state index in [-0.39, 0.29) is 18.2 Å². The fourth-order valence-corrected chi connectivity index (χ4v) is 13.5. The van der Waals surface area contributed by atoms with Gasteiger partial charge in [-0.25, -0.2) is 4.99 Å². The van der Waals surface area contributed by atoms with Crippen molar-refractivity contribution in [3.8, 4) is 0 Å². The van der Waals surface area contributed by atoms with Crippen LogP contribution in [-0.4, -0.2) is 24.1 Å². The zero-order valence-corrected chi connectivity index (χ0v) is 40.7. The number of amidine groups is 1. The summed E-state index contributed by atoms with van der Waals surface area (Å²) in [7, 11) is 0. The molecule has 3 aromatic rings. The monoisotopic (exact) mass is 917 g/mol. The molecule has 0 saturated carbocycles. The lowest BCUT2D eigenvalue weighted by Crippen LogP contribution is -2.61. The minimum atomic E-state index is -0.547. The Balaban J connectivity index is 0.941. The minimum absolute atomic E-state index is 0.0302. The van der Waals surface area contributed by atoms with Crippen molar-refractivity contribution in [3.05, 3.63) is 249 Å². The first-order valence-electron chi connectivity index (χ1n) is 26.3. The highest BCUT2D eigenvalue weighted by Gasteiger charge is 2.48.